The van der Waals surface area contributed by atoms with Gasteiger partial charge in [0, 0.05) is 26.2 Å². The Morgan fingerprint density at radius 1 is 1.56 bits per heavy atom. The first-order valence-electron chi connectivity index (χ1n) is 6.10. The van der Waals surface area contributed by atoms with Gasteiger partial charge in [0.1, 0.15) is 5.82 Å². The first-order chi connectivity index (χ1) is 8.66. The van der Waals surface area contributed by atoms with Gasteiger partial charge in [0.2, 0.25) is 0 Å². The smallest absolute Gasteiger partial charge is 0.137 e. The first kappa shape index (κ1) is 13.9. The number of hydrogen-bond acceptors (Lipinski definition) is 3. The second-order valence-electron chi connectivity index (χ2n) is 4.61. The summed E-state index contributed by atoms with van der Waals surface area (Å²) < 4.78 is 19.6. The van der Waals surface area contributed by atoms with E-state index in [2.05, 4.69) is 26.1 Å². The van der Waals surface area contributed by atoms with Crippen molar-refractivity contribution in [3.63, 3.8) is 0 Å². The number of ether oxygens (including phenoxy) is 1. The molecule has 1 unspecified atom stereocenters. The molecular weight excluding hydrogens is 299 g/mol. The van der Waals surface area contributed by atoms with Crippen LogP contribution in [-0.2, 0) is 11.3 Å². The molecule has 0 spiro atoms. The topological polar surface area (TPSA) is 24.5 Å². The first-order valence-corrected chi connectivity index (χ1v) is 6.90. The Hall–Kier alpha value is -0.490. The van der Waals surface area contributed by atoms with Gasteiger partial charge in [-0.15, -0.1) is 0 Å². The summed E-state index contributed by atoms with van der Waals surface area (Å²) in [4.78, 5) is 2.15. The molecule has 1 fully saturated rings. The highest BCUT2D eigenvalue weighted by molar-refractivity contribution is 9.10. The Morgan fingerprint density at radius 2 is 2.39 bits per heavy atom. The van der Waals surface area contributed by atoms with Crippen LogP contribution >= 0.6 is 15.9 Å². The molecule has 5 heteroatoms. The van der Waals surface area contributed by atoms with Gasteiger partial charge in [0.25, 0.3) is 0 Å². The number of benzene rings is 1. The van der Waals surface area contributed by atoms with Gasteiger partial charge < -0.3 is 10.1 Å². The molecule has 0 aromatic heterocycles. The van der Waals surface area contributed by atoms with E-state index in [1.807, 2.05) is 13.1 Å². The van der Waals surface area contributed by atoms with Crippen molar-refractivity contribution in [2.45, 2.75) is 12.6 Å². The normalized spacial score (nSPS) is 20.3. The molecule has 1 aromatic rings. The van der Waals surface area contributed by atoms with Gasteiger partial charge in [-0.1, -0.05) is 12.1 Å². The van der Waals surface area contributed by atoms with E-state index in [4.69, 9.17) is 4.74 Å². The molecule has 2 rings (SSSR count). The minimum Gasteiger partial charge on any atom is -0.374 e. The second kappa shape index (κ2) is 6.61. The Bertz CT molecular complexity index is 397. The fourth-order valence-electron chi connectivity index (χ4n) is 2.11. The summed E-state index contributed by atoms with van der Waals surface area (Å²) in [5, 5.41) is 3.30. The van der Waals surface area contributed by atoms with Crippen LogP contribution in [0.15, 0.2) is 22.7 Å². The zero-order valence-electron chi connectivity index (χ0n) is 10.5. The maximum absolute atomic E-state index is 13.4. The van der Waals surface area contributed by atoms with E-state index >= 15 is 0 Å². The molecule has 0 amide bonds. The third-order valence-electron chi connectivity index (χ3n) is 2.99. The predicted octanol–water partition coefficient (Wildman–Crippen LogP) is 2.01. The number of rotatable bonds is 4. The van der Waals surface area contributed by atoms with Gasteiger partial charge in [0.15, 0.2) is 0 Å². The van der Waals surface area contributed by atoms with Crippen molar-refractivity contribution < 1.29 is 9.13 Å². The van der Waals surface area contributed by atoms with E-state index in [-0.39, 0.29) is 11.9 Å². The van der Waals surface area contributed by atoms with Crippen LogP contribution in [0.4, 0.5) is 4.39 Å². The quantitative estimate of drug-likeness (QED) is 0.919. The molecule has 18 heavy (non-hydrogen) atoms. The van der Waals surface area contributed by atoms with Crippen LogP contribution in [-0.4, -0.2) is 44.3 Å². The fourth-order valence-corrected chi connectivity index (χ4v) is 2.50. The molecular formula is C13H18BrFN2O. The summed E-state index contributed by atoms with van der Waals surface area (Å²) in [5.74, 6) is -0.212. The van der Waals surface area contributed by atoms with Crippen LogP contribution < -0.4 is 5.32 Å². The van der Waals surface area contributed by atoms with Gasteiger partial charge in [0.05, 0.1) is 17.2 Å². The lowest BCUT2D eigenvalue weighted by Crippen LogP contribution is -2.44. The lowest BCUT2D eigenvalue weighted by molar-refractivity contribution is 0.00881. The standard InChI is InChI=1S/C13H18BrFN2O/c1-17(9-11-7-16-5-6-18-11)8-10-3-2-4-12(15)13(10)14/h2-4,11,16H,5-9H2,1H3. The molecule has 0 radical (unpaired) electrons. The third kappa shape index (κ3) is 3.75. The summed E-state index contributed by atoms with van der Waals surface area (Å²) in [6, 6.07) is 5.13. The van der Waals surface area contributed by atoms with Crippen molar-refractivity contribution >= 4 is 15.9 Å². The number of likely N-dealkylation sites (N-methyl/N-ethyl adjacent to an activating group) is 1. The van der Waals surface area contributed by atoms with E-state index in [9.17, 15) is 4.39 Å². The molecule has 100 valence electrons. The monoisotopic (exact) mass is 316 g/mol. The van der Waals surface area contributed by atoms with Crippen LogP contribution in [0, 0.1) is 5.82 Å². The van der Waals surface area contributed by atoms with E-state index in [1.165, 1.54) is 6.07 Å². The van der Waals surface area contributed by atoms with Crippen LogP contribution in [0.2, 0.25) is 0 Å². The zero-order chi connectivity index (χ0) is 13.0. The summed E-state index contributed by atoms with van der Waals surface area (Å²) in [7, 11) is 2.02. The van der Waals surface area contributed by atoms with Gasteiger partial charge in [-0.3, -0.25) is 4.90 Å². The van der Waals surface area contributed by atoms with Crippen molar-refractivity contribution in [2.75, 3.05) is 33.3 Å². The molecule has 0 saturated carbocycles. The molecule has 1 saturated heterocycles. The summed E-state index contributed by atoms with van der Waals surface area (Å²) in [6.45, 7) is 4.13. The summed E-state index contributed by atoms with van der Waals surface area (Å²) in [6.07, 6.45) is 0.219. The maximum Gasteiger partial charge on any atom is 0.137 e. The van der Waals surface area contributed by atoms with Gasteiger partial charge >= 0.3 is 0 Å². The van der Waals surface area contributed by atoms with E-state index in [1.54, 1.807) is 6.07 Å². The number of morpholine rings is 1. The van der Waals surface area contributed by atoms with Gasteiger partial charge in [-0.2, -0.15) is 0 Å². The zero-order valence-corrected chi connectivity index (χ0v) is 12.0. The van der Waals surface area contributed by atoms with Crippen molar-refractivity contribution in [2.24, 2.45) is 0 Å². The second-order valence-corrected chi connectivity index (χ2v) is 5.40. The largest absolute Gasteiger partial charge is 0.374 e. The SMILES string of the molecule is CN(Cc1cccc(F)c1Br)CC1CNCCO1. The van der Waals surface area contributed by atoms with Crippen LogP contribution in [0.5, 0.6) is 0 Å². The lowest BCUT2D eigenvalue weighted by atomic mass is 10.2. The van der Waals surface area contributed by atoms with E-state index < -0.39 is 0 Å². The number of halogens is 2. The van der Waals surface area contributed by atoms with Crippen LogP contribution in [0.1, 0.15) is 5.56 Å². The molecule has 1 atom stereocenters. The van der Waals surface area contributed by atoms with Crippen LogP contribution in [0.25, 0.3) is 0 Å². The average Bonchev–Trinajstić information content (AvgIpc) is 2.36. The number of nitrogens with one attached hydrogen (secondary N) is 1. The van der Waals surface area contributed by atoms with Crippen LogP contribution in [0.3, 0.4) is 0 Å². The Kier molecular flexibility index (Phi) is 5.12. The van der Waals surface area contributed by atoms with Gasteiger partial charge in [-0.25, -0.2) is 4.39 Å². The predicted molar refractivity (Wildman–Crippen MR) is 73.0 cm³/mol. The summed E-state index contributed by atoms with van der Waals surface area (Å²) in [5.41, 5.74) is 0.960. The highest BCUT2D eigenvalue weighted by Gasteiger charge is 2.16. The Labute approximate surface area is 115 Å². The van der Waals surface area contributed by atoms with Crippen molar-refractivity contribution in [3.8, 4) is 0 Å². The molecule has 1 heterocycles. The molecule has 1 aliphatic heterocycles. The molecule has 1 N–H and O–H groups in total. The third-order valence-corrected chi connectivity index (χ3v) is 3.88. The number of nitrogens with zero attached hydrogens (tertiary/aromatic N) is 1. The van der Waals surface area contributed by atoms with E-state index in [0.717, 1.165) is 31.8 Å². The lowest BCUT2D eigenvalue weighted by Gasteiger charge is -2.28. The molecule has 0 bridgehead atoms. The van der Waals surface area contributed by atoms with Crippen molar-refractivity contribution in [1.29, 1.82) is 0 Å². The van der Waals surface area contributed by atoms with Crippen molar-refractivity contribution in [1.82, 2.24) is 10.2 Å². The maximum atomic E-state index is 13.4. The molecule has 0 aliphatic carbocycles. The number of hydrogen-bond donors (Lipinski definition) is 1. The highest BCUT2D eigenvalue weighted by atomic mass is 79.9. The molecule has 1 aromatic carbocycles. The molecule has 1 aliphatic rings. The van der Waals surface area contributed by atoms with Gasteiger partial charge in [-0.05, 0) is 34.6 Å². The highest BCUT2D eigenvalue weighted by Crippen LogP contribution is 2.21. The van der Waals surface area contributed by atoms with Crippen molar-refractivity contribution in [3.05, 3.63) is 34.1 Å². The molecule has 3 nitrogen and oxygen atoms in total. The minimum atomic E-state index is -0.212. The average molecular weight is 317 g/mol. The van der Waals surface area contributed by atoms with E-state index in [0.29, 0.717) is 11.0 Å². The minimum absolute atomic E-state index is 0.212. The fraction of sp³-hybridized carbons (Fsp3) is 0.538. The Morgan fingerprint density at radius 3 is 3.11 bits per heavy atom. The summed E-state index contributed by atoms with van der Waals surface area (Å²) >= 11 is 3.29. The Balaban J connectivity index is 1.90.